The van der Waals surface area contributed by atoms with Gasteiger partial charge in [-0.05, 0) is 35.2 Å². The maximum atomic E-state index is 5.44. The summed E-state index contributed by atoms with van der Waals surface area (Å²) in [5, 5.41) is 0. The van der Waals surface area contributed by atoms with E-state index in [1.54, 1.807) is 0 Å². The van der Waals surface area contributed by atoms with E-state index in [1.165, 1.54) is 31.4 Å². The molecule has 1 aromatic heterocycles. The number of ether oxygens (including phenoxy) is 1. The lowest BCUT2D eigenvalue weighted by Crippen LogP contribution is -2.09. The summed E-state index contributed by atoms with van der Waals surface area (Å²) in [5.74, 6) is 2.02. The second-order valence-corrected chi connectivity index (χ2v) is 6.38. The van der Waals surface area contributed by atoms with E-state index in [9.17, 15) is 0 Å². The molecule has 0 aromatic carbocycles. The van der Waals surface area contributed by atoms with Crippen LogP contribution in [0.1, 0.15) is 55.5 Å². The number of hydrogen-bond donors (Lipinski definition) is 1. The second kappa shape index (κ2) is 5.39. The molecule has 3 rings (SSSR count). The number of nitrogens with one attached hydrogen (secondary N) is 1. The monoisotopic (exact) mass is 328 g/mol. The van der Waals surface area contributed by atoms with Crippen molar-refractivity contribution in [2.45, 2.75) is 43.9 Å². The Morgan fingerprint density at radius 1 is 1.22 bits per heavy atom. The van der Waals surface area contributed by atoms with E-state index in [0.717, 1.165) is 29.9 Å². The molecule has 1 saturated heterocycles. The number of H-pyrrole nitrogens is 1. The minimum Gasteiger partial charge on any atom is -0.381 e. The van der Waals surface area contributed by atoms with Gasteiger partial charge in [0, 0.05) is 24.1 Å². The van der Waals surface area contributed by atoms with Crippen LogP contribution in [0.2, 0.25) is 0 Å². The number of aromatic amines is 1. The number of hydrogen-bond acceptors (Lipinski definition) is 3. The summed E-state index contributed by atoms with van der Waals surface area (Å²) in [6.45, 7) is 1.60. The van der Waals surface area contributed by atoms with Crippen LogP contribution >= 0.6 is 28.1 Å². The quantitative estimate of drug-likeness (QED) is 0.832. The van der Waals surface area contributed by atoms with Gasteiger partial charge in [-0.3, -0.25) is 0 Å². The highest BCUT2D eigenvalue weighted by Gasteiger charge is 2.25. The van der Waals surface area contributed by atoms with E-state index in [0.29, 0.717) is 16.5 Å². The second-order valence-electron chi connectivity index (χ2n) is 5.20. The summed E-state index contributed by atoms with van der Waals surface area (Å²) in [5.41, 5.74) is 1.26. The lowest BCUT2D eigenvalue weighted by molar-refractivity contribution is 0.193. The van der Waals surface area contributed by atoms with Crippen molar-refractivity contribution in [3.05, 3.63) is 20.6 Å². The Bertz CT molecular complexity index is 490. The summed E-state index contributed by atoms with van der Waals surface area (Å²) in [6.07, 6.45) is 6.21. The zero-order chi connectivity index (χ0) is 12.5. The molecule has 0 spiro atoms. The summed E-state index contributed by atoms with van der Waals surface area (Å²) < 4.78 is 7.13. The molecule has 1 saturated carbocycles. The Hall–Kier alpha value is -0.260. The molecule has 0 amide bonds. The number of halogens is 1. The molecule has 0 radical (unpaired) electrons. The molecule has 1 aliphatic heterocycles. The van der Waals surface area contributed by atoms with Crippen LogP contribution in [0.4, 0.5) is 0 Å². The van der Waals surface area contributed by atoms with Crippen molar-refractivity contribution in [2.75, 3.05) is 13.2 Å². The Labute approximate surface area is 120 Å². The summed E-state index contributed by atoms with van der Waals surface area (Å²) in [7, 11) is 0. The predicted octanol–water partition coefficient (Wildman–Crippen LogP) is 4.06. The smallest absolute Gasteiger partial charge is 0.144 e. The molecule has 1 aliphatic carbocycles. The van der Waals surface area contributed by atoms with E-state index >= 15 is 0 Å². The van der Waals surface area contributed by atoms with E-state index < -0.39 is 0 Å². The highest BCUT2D eigenvalue weighted by molar-refractivity contribution is 9.10. The Kier molecular flexibility index (Phi) is 3.82. The summed E-state index contributed by atoms with van der Waals surface area (Å²) >= 11 is 8.98. The maximum Gasteiger partial charge on any atom is 0.144 e. The molecule has 2 heterocycles. The van der Waals surface area contributed by atoms with Crippen LogP contribution in [0.5, 0.6) is 0 Å². The lowest BCUT2D eigenvalue weighted by Gasteiger charge is -2.16. The van der Waals surface area contributed by atoms with Gasteiger partial charge in [0.25, 0.3) is 0 Å². The van der Waals surface area contributed by atoms with Gasteiger partial charge in [0.2, 0.25) is 0 Å². The van der Waals surface area contributed by atoms with Gasteiger partial charge in [-0.25, -0.2) is 4.98 Å². The molecular formula is C13H17BrN2OS. The highest BCUT2D eigenvalue weighted by atomic mass is 79.9. The Morgan fingerprint density at radius 3 is 2.67 bits per heavy atom. The first-order valence-corrected chi connectivity index (χ1v) is 7.83. The third kappa shape index (κ3) is 2.40. The topological polar surface area (TPSA) is 37.9 Å². The molecule has 1 N–H and O–H groups in total. The molecule has 1 unspecified atom stereocenters. The van der Waals surface area contributed by atoms with Crippen molar-refractivity contribution in [1.29, 1.82) is 0 Å². The highest BCUT2D eigenvalue weighted by Crippen LogP contribution is 2.37. The standard InChI is InChI=1S/C13H17BrN2OS/c14-10-11(8-3-1-2-4-8)15-12(16-13(10)18)9-5-6-17-7-9/h8-9H,1-7H2,(H,15,16,18). The summed E-state index contributed by atoms with van der Waals surface area (Å²) in [4.78, 5) is 8.05. The molecule has 5 heteroatoms. The fourth-order valence-electron chi connectivity index (χ4n) is 2.93. The van der Waals surface area contributed by atoms with Crippen LogP contribution in [0.15, 0.2) is 4.47 Å². The first-order chi connectivity index (χ1) is 8.75. The van der Waals surface area contributed by atoms with Crippen LogP contribution in [0, 0.1) is 4.64 Å². The molecule has 2 fully saturated rings. The third-order valence-electron chi connectivity index (χ3n) is 3.99. The van der Waals surface area contributed by atoms with Gasteiger partial charge in [0.1, 0.15) is 10.5 Å². The van der Waals surface area contributed by atoms with Crippen molar-refractivity contribution < 1.29 is 4.74 Å². The molecule has 98 valence electrons. The van der Waals surface area contributed by atoms with Gasteiger partial charge in [-0.1, -0.05) is 25.1 Å². The van der Waals surface area contributed by atoms with Gasteiger partial charge >= 0.3 is 0 Å². The largest absolute Gasteiger partial charge is 0.381 e. The average molecular weight is 329 g/mol. The Balaban J connectivity index is 1.98. The fourth-order valence-corrected chi connectivity index (χ4v) is 3.65. The van der Waals surface area contributed by atoms with Gasteiger partial charge in [-0.2, -0.15) is 0 Å². The number of nitrogens with zero attached hydrogens (tertiary/aromatic N) is 1. The zero-order valence-corrected chi connectivity index (χ0v) is 12.6. The van der Waals surface area contributed by atoms with Crippen molar-refractivity contribution >= 4 is 28.1 Å². The van der Waals surface area contributed by atoms with Gasteiger partial charge < -0.3 is 9.72 Å². The molecule has 0 bridgehead atoms. The van der Waals surface area contributed by atoms with E-state index in [4.69, 9.17) is 17.0 Å². The van der Waals surface area contributed by atoms with Crippen LogP contribution < -0.4 is 0 Å². The van der Waals surface area contributed by atoms with Gasteiger partial charge in [0.15, 0.2) is 0 Å². The normalized spacial score (nSPS) is 24.8. The first-order valence-electron chi connectivity index (χ1n) is 6.63. The maximum absolute atomic E-state index is 5.44. The van der Waals surface area contributed by atoms with Crippen LogP contribution in [0.3, 0.4) is 0 Å². The van der Waals surface area contributed by atoms with Crippen molar-refractivity contribution in [1.82, 2.24) is 9.97 Å². The molecule has 1 aromatic rings. The van der Waals surface area contributed by atoms with Gasteiger partial charge in [-0.15, -0.1) is 0 Å². The SMILES string of the molecule is S=c1nc(C2CCOC2)[nH]c(C2CCCC2)c1Br. The van der Waals surface area contributed by atoms with Crippen LogP contribution in [-0.2, 0) is 4.74 Å². The van der Waals surface area contributed by atoms with E-state index in [1.807, 2.05) is 0 Å². The predicted molar refractivity (Wildman–Crippen MR) is 76.5 cm³/mol. The first kappa shape index (κ1) is 12.8. The van der Waals surface area contributed by atoms with Crippen molar-refractivity contribution in [2.24, 2.45) is 0 Å². The summed E-state index contributed by atoms with van der Waals surface area (Å²) in [6, 6.07) is 0. The van der Waals surface area contributed by atoms with Gasteiger partial charge in [0.05, 0.1) is 11.1 Å². The molecule has 2 aliphatic rings. The van der Waals surface area contributed by atoms with E-state index in [2.05, 4.69) is 25.9 Å². The van der Waals surface area contributed by atoms with Crippen molar-refractivity contribution in [3.8, 4) is 0 Å². The minimum atomic E-state index is 0.389. The average Bonchev–Trinajstić information content (AvgIpc) is 3.03. The number of rotatable bonds is 2. The van der Waals surface area contributed by atoms with Crippen LogP contribution in [0.25, 0.3) is 0 Å². The lowest BCUT2D eigenvalue weighted by atomic mass is 10.0. The molecule has 3 nitrogen and oxygen atoms in total. The molecule has 1 atom stereocenters. The van der Waals surface area contributed by atoms with Crippen LogP contribution in [-0.4, -0.2) is 23.2 Å². The minimum absolute atomic E-state index is 0.389. The third-order valence-corrected chi connectivity index (χ3v) is 5.35. The van der Waals surface area contributed by atoms with E-state index in [-0.39, 0.29) is 0 Å². The number of aromatic nitrogens is 2. The fraction of sp³-hybridized carbons (Fsp3) is 0.692. The van der Waals surface area contributed by atoms with Crippen molar-refractivity contribution in [3.63, 3.8) is 0 Å². The molecular weight excluding hydrogens is 312 g/mol. The Morgan fingerprint density at radius 2 is 2.00 bits per heavy atom. The molecule has 18 heavy (non-hydrogen) atoms. The zero-order valence-electron chi connectivity index (χ0n) is 10.2.